The van der Waals surface area contributed by atoms with Crippen molar-refractivity contribution < 1.29 is 14.3 Å². The molecule has 1 atom stereocenters. The second-order valence-corrected chi connectivity index (χ2v) is 5.38. The first-order valence-corrected chi connectivity index (χ1v) is 6.42. The Morgan fingerprint density at radius 1 is 1.55 bits per heavy atom. The van der Waals surface area contributed by atoms with Crippen molar-refractivity contribution in [1.29, 1.82) is 5.41 Å². The van der Waals surface area contributed by atoms with E-state index in [1.165, 1.54) is 13.0 Å². The molecule has 1 aromatic rings. The molecule has 0 bridgehead atoms. The Bertz CT molecular complexity index is 568. The highest BCUT2D eigenvalue weighted by molar-refractivity contribution is 6.03. The lowest BCUT2D eigenvalue weighted by Gasteiger charge is -2.41. The number of nitrogens with two attached hydrogens (primary N) is 1. The minimum atomic E-state index is -1.05. The molecule has 0 spiro atoms. The number of nitrogen functional groups attached to an aromatic ring is 1. The summed E-state index contributed by atoms with van der Waals surface area (Å²) in [6, 6.07) is 1.33. The summed E-state index contributed by atoms with van der Waals surface area (Å²) in [6.45, 7) is 4.83. The number of hydrogen-bond acceptors (Lipinski definition) is 4. The van der Waals surface area contributed by atoms with Gasteiger partial charge in [0.05, 0.1) is 0 Å². The first-order chi connectivity index (χ1) is 9.31. The molecule has 0 amide bonds. The summed E-state index contributed by atoms with van der Waals surface area (Å²) >= 11 is 0. The van der Waals surface area contributed by atoms with Crippen LogP contribution in [0.15, 0.2) is 12.1 Å². The lowest BCUT2D eigenvalue weighted by molar-refractivity contribution is -0.146. The molecule has 0 aromatic heterocycles. The van der Waals surface area contributed by atoms with Gasteiger partial charge in [-0.1, -0.05) is 6.92 Å². The molecule has 1 aliphatic heterocycles. The van der Waals surface area contributed by atoms with E-state index in [-0.39, 0.29) is 17.0 Å². The maximum Gasteiger partial charge on any atom is 0.325 e. The molecule has 6 heteroatoms. The number of carboxylic acids is 1. The van der Waals surface area contributed by atoms with E-state index in [0.29, 0.717) is 24.6 Å². The number of likely N-dealkylation sites (tertiary alicyclic amines) is 1. The van der Waals surface area contributed by atoms with Gasteiger partial charge in [0.25, 0.3) is 0 Å². The van der Waals surface area contributed by atoms with Crippen molar-refractivity contribution >= 4 is 17.4 Å². The third kappa shape index (κ3) is 2.51. The molecule has 1 saturated heterocycles. The highest BCUT2D eigenvalue weighted by Gasteiger charge is 2.37. The van der Waals surface area contributed by atoms with Crippen molar-refractivity contribution in [2.45, 2.75) is 19.9 Å². The van der Waals surface area contributed by atoms with E-state index in [2.05, 4.69) is 0 Å². The predicted molar refractivity (Wildman–Crippen MR) is 74.4 cm³/mol. The van der Waals surface area contributed by atoms with Gasteiger partial charge < -0.3 is 16.2 Å². The van der Waals surface area contributed by atoms with E-state index in [9.17, 15) is 14.3 Å². The molecule has 0 saturated carbocycles. The van der Waals surface area contributed by atoms with Crippen LogP contribution in [-0.4, -0.2) is 34.8 Å². The fourth-order valence-corrected chi connectivity index (χ4v) is 2.74. The third-order valence-electron chi connectivity index (χ3n) is 3.53. The topological polar surface area (TPSA) is 90.4 Å². The number of aliphatic carboxylic acids is 1. The van der Waals surface area contributed by atoms with E-state index in [0.717, 1.165) is 6.07 Å². The van der Waals surface area contributed by atoms with Crippen LogP contribution in [0.25, 0.3) is 0 Å². The highest BCUT2D eigenvalue weighted by atomic mass is 19.1. The van der Waals surface area contributed by atoms with Crippen LogP contribution in [0.5, 0.6) is 0 Å². The molecular formula is C14H18FN3O2. The van der Waals surface area contributed by atoms with Crippen LogP contribution in [0.2, 0.25) is 0 Å². The zero-order valence-corrected chi connectivity index (χ0v) is 11.5. The summed E-state index contributed by atoms with van der Waals surface area (Å²) in [4.78, 5) is 13.3. The second kappa shape index (κ2) is 5.20. The van der Waals surface area contributed by atoms with Crippen molar-refractivity contribution in [3.8, 4) is 0 Å². The summed E-state index contributed by atoms with van der Waals surface area (Å²) in [6.07, 6.45) is 0. The number of nitrogens with zero attached hydrogens (tertiary/aromatic N) is 1. The van der Waals surface area contributed by atoms with Gasteiger partial charge in [-0.3, -0.25) is 9.69 Å². The van der Waals surface area contributed by atoms with E-state index in [4.69, 9.17) is 11.1 Å². The van der Waals surface area contributed by atoms with Crippen molar-refractivity contribution in [2.24, 2.45) is 5.92 Å². The van der Waals surface area contributed by atoms with Gasteiger partial charge in [0.1, 0.15) is 11.9 Å². The number of hydrogen-bond donors (Lipinski definition) is 3. The predicted octanol–water partition coefficient (Wildman–Crippen LogP) is 1.87. The molecule has 0 aliphatic carbocycles. The van der Waals surface area contributed by atoms with E-state index < -0.39 is 17.8 Å². The Balaban J connectivity index is 2.52. The van der Waals surface area contributed by atoms with Gasteiger partial charge in [0.2, 0.25) is 0 Å². The number of rotatable bonds is 4. The third-order valence-corrected chi connectivity index (χ3v) is 3.53. The van der Waals surface area contributed by atoms with Gasteiger partial charge in [-0.15, -0.1) is 0 Å². The Labute approximate surface area is 116 Å². The van der Waals surface area contributed by atoms with Gasteiger partial charge >= 0.3 is 5.97 Å². The number of benzene rings is 1. The number of carbonyl (C=O) groups is 1. The highest BCUT2D eigenvalue weighted by Crippen LogP contribution is 2.33. The zero-order chi connectivity index (χ0) is 15.0. The van der Waals surface area contributed by atoms with Crippen LogP contribution in [0.1, 0.15) is 31.0 Å². The first-order valence-electron chi connectivity index (χ1n) is 6.42. The molecule has 108 valence electrons. The van der Waals surface area contributed by atoms with Crippen LogP contribution in [-0.2, 0) is 4.79 Å². The summed E-state index contributed by atoms with van der Waals surface area (Å²) in [7, 11) is 0. The van der Waals surface area contributed by atoms with Crippen LogP contribution in [0, 0.1) is 17.1 Å². The molecule has 4 N–H and O–H groups in total. The summed E-state index contributed by atoms with van der Waals surface area (Å²) < 4.78 is 13.6. The molecule has 1 aromatic carbocycles. The largest absolute Gasteiger partial charge is 0.480 e. The molecule has 1 heterocycles. The molecule has 1 aliphatic rings. The van der Waals surface area contributed by atoms with Crippen molar-refractivity contribution in [2.75, 3.05) is 18.8 Å². The zero-order valence-electron chi connectivity index (χ0n) is 11.5. The molecular weight excluding hydrogens is 261 g/mol. The van der Waals surface area contributed by atoms with Crippen LogP contribution >= 0.6 is 0 Å². The van der Waals surface area contributed by atoms with Gasteiger partial charge in [0.15, 0.2) is 0 Å². The molecule has 20 heavy (non-hydrogen) atoms. The summed E-state index contributed by atoms with van der Waals surface area (Å²) in [5.41, 5.74) is 6.57. The molecule has 5 nitrogen and oxygen atoms in total. The van der Waals surface area contributed by atoms with E-state index in [1.807, 2.05) is 6.92 Å². The van der Waals surface area contributed by atoms with Crippen molar-refractivity contribution in [1.82, 2.24) is 4.90 Å². The summed E-state index contributed by atoms with van der Waals surface area (Å²) in [5, 5.41) is 17.2. The van der Waals surface area contributed by atoms with Gasteiger partial charge in [0, 0.05) is 30.1 Å². The quantitative estimate of drug-likeness (QED) is 0.579. The summed E-state index contributed by atoms with van der Waals surface area (Å²) in [5.74, 6) is -1.21. The van der Waals surface area contributed by atoms with E-state index in [1.54, 1.807) is 4.90 Å². The van der Waals surface area contributed by atoms with Crippen LogP contribution < -0.4 is 5.73 Å². The van der Waals surface area contributed by atoms with Gasteiger partial charge in [-0.2, -0.15) is 0 Å². The van der Waals surface area contributed by atoms with E-state index >= 15 is 0 Å². The molecule has 1 fully saturated rings. The molecule has 0 radical (unpaired) electrons. The van der Waals surface area contributed by atoms with Crippen molar-refractivity contribution in [3.05, 3.63) is 29.1 Å². The average Bonchev–Trinajstić information content (AvgIpc) is 2.24. The monoisotopic (exact) mass is 279 g/mol. The minimum Gasteiger partial charge on any atom is -0.480 e. The lowest BCUT2D eigenvalue weighted by atomic mass is 9.91. The minimum absolute atomic E-state index is 0.104. The fourth-order valence-electron chi connectivity index (χ4n) is 2.74. The van der Waals surface area contributed by atoms with Gasteiger partial charge in [-0.25, -0.2) is 4.39 Å². The maximum atomic E-state index is 13.6. The Morgan fingerprint density at radius 3 is 2.60 bits per heavy atom. The first kappa shape index (κ1) is 14.5. The number of halogens is 1. The number of carboxylic acid groups (broad SMARTS) is 1. The Kier molecular flexibility index (Phi) is 3.76. The maximum absolute atomic E-state index is 13.6. The SMILES string of the molecule is CC(=N)c1c(N)cc(F)cc1C(C(=O)O)N1CC(C)C1. The average molecular weight is 279 g/mol. The Hall–Kier alpha value is -1.95. The van der Waals surface area contributed by atoms with Gasteiger partial charge in [-0.05, 0) is 30.5 Å². The number of nitrogens with one attached hydrogen (secondary N) is 1. The molecule has 1 unspecified atom stereocenters. The van der Waals surface area contributed by atoms with Crippen LogP contribution in [0.3, 0.4) is 0 Å². The molecule has 2 rings (SSSR count). The standard InChI is InChI=1S/C14H18FN3O2/c1-7-5-18(6-7)13(14(19)20)10-3-9(15)4-11(17)12(10)8(2)16/h3-4,7,13,16H,5-6,17H2,1-2H3,(H,19,20). The normalized spacial score (nSPS) is 17.6. The second-order valence-electron chi connectivity index (χ2n) is 5.38. The Morgan fingerprint density at radius 2 is 2.15 bits per heavy atom. The number of anilines is 1. The smallest absolute Gasteiger partial charge is 0.325 e. The van der Waals surface area contributed by atoms with Crippen molar-refractivity contribution in [3.63, 3.8) is 0 Å². The van der Waals surface area contributed by atoms with Crippen LogP contribution in [0.4, 0.5) is 10.1 Å². The lowest BCUT2D eigenvalue weighted by Crippen LogP contribution is -2.49. The fraction of sp³-hybridized carbons (Fsp3) is 0.429.